The number of carbonyl (C=O) groups excluding carboxylic acids is 2. The van der Waals surface area contributed by atoms with Crippen molar-refractivity contribution in [2.45, 2.75) is 52.0 Å². The number of ether oxygens (including phenoxy) is 1. The highest BCUT2D eigenvalue weighted by Crippen LogP contribution is 2.20. The molecule has 5 heteroatoms. The van der Waals surface area contributed by atoms with Crippen LogP contribution in [-0.4, -0.2) is 60.5 Å². The number of carbonyl (C=O) groups is 2. The molecule has 2 rings (SSSR count). The van der Waals surface area contributed by atoms with E-state index in [1.54, 1.807) is 0 Å². The number of likely N-dealkylation sites (tertiary alicyclic amines) is 2. The molecule has 0 bridgehead atoms. The molecular weight excluding hydrogens is 268 g/mol. The Bertz CT molecular complexity index is 373. The lowest BCUT2D eigenvalue weighted by atomic mass is 9.98. The molecule has 21 heavy (non-hydrogen) atoms. The molecule has 0 aromatic rings. The van der Waals surface area contributed by atoms with Gasteiger partial charge in [-0.15, -0.1) is 0 Å². The normalized spacial score (nSPS) is 27.4. The van der Waals surface area contributed by atoms with Crippen molar-refractivity contribution in [1.29, 1.82) is 0 Å². The van der Waals surface area contributed by atoms with Gasteiger partial charge in [0.25, 0.3) is 0 Å². The van der Waals surface area contributed by atoms with Crippen LogP contribution in [0.15, 0.2) is 0 Å². The predicted octanol–water partition coefficient (Wildman–Crippen LogP) is 1.66. The zero-order valence-electron chi connectivity index (χ0n) is 13.3. The van der Waals surface area contributed by atoms with Gasteiger partial charge in [-0.25, -0.2) is 0 Å². The Balaban J connectivity index is 1.85. The Kier molecular flexibility index (Phi) is 6.03. The average molecular weight is 296 g/mol. The van der Waals surface area contributed by atoms with E-state index in [9.17, 15) is 9.59 Å². The van der Waals surface area contributed by atoms with E-state index < -0.39 is 0 Å². The number of hydrogen-bond donors (Lipinski definition) is 0. The average Bonchev–Trinajstić information content (AvgIpc) is 2.50. The van der Waals surface area contributed by atoms with Crippen molar-refractivity contribution in [2.75, 3.05) is 32.8 Å². The molecule has 120 valence electrons. The van der Waals surface area contributed by atoms with Gasteiger partial charge >= 0.3 is 5.97 Å². The molecule has 0 aromatic heterocycles. The number of nitrogens with zero attached hydrogens (tertiary/aromatic N) is 2. The number of esters is 1. The third kappa shape index (κ3) is 4.43. The minimum atomic E-state index is -0.152. The molecule has 2 aliphatic rings. The molecule has 0 radical (unpaired) electrons. The molecule has 0 N–H and O–H groups in total. The monoisotopic (exact) mass is 296 g/mol. The van der Waals surface area contributed by atoms with Crippen molar-refractivity contribution >= 4 is 11.9 Å². The summed E-state index contributed by atoms with van der Waals surface area (Å²) in [7, 11) is 0. The predicted molar refractivity (Wildman–Crippen MR) is 80.8 cm³/mol. The van der Waals surface area contributed by atoms with E-state index in [4.69, 9.17) is 4.74 Å². The summed E-state index contributed by atoms with van der Waals surface area (Å²) in [6, 6.07) is 0.494. The molecule has 2 aliphatic heterocycles. The van der Waals surface area contributed by atoms with Crippen LogP contribution >= 0.6 is 0 Å². The maximum atomic E-state index is 12.5. The van der Waals surface area contributed by atoms with E-state index in [2.05, 4.69) is 11.8 Å². The van der Waals surface area contributed by atoms with Gasteiger partial charge in [0.2, 0.25) is 5.91 Å². The van der Waals surface area contributed by atoms with Crippen LogP contribution in [-0.2, 0) is 14.3 Å². The quantitative estimate of drug-likeness (QED) is 0.740. The van der Waals surface area contributed by atoms with Gasteiger partial charge < -0.3 is 9.64 Å². The van der Waals surface area contributed by atoms with Crippen LogP contribution in [0, 0.1) is 5.92 Å². The van der Waals surface area contributed by atoms with Gasteiger partial charge in [-0.05, 0) is 46.1 Å². The first-order valence-corrected chi connectivity index (χ1v) is 8.30. The zero-order chi connectivity index (χ0) is 15.2. The molecule has 0 aliphatic carbocycles. The van der Waals surface area contributed by atoms with Crippen LogP contribution in [0.2, 0.25) is 0 Å². The van der Waals surface area contributed by atoms with Crippen molar-refractivity contribution in [1.82, 2.24) is 9.80 Å². The van der Waals surface area contributed by atoms with E-state index >= 15 is 0 Å². The first kappa shape index (κ1) is 16.3. The van der Waals surface area contributed by atoms with Gasteiger partial charge in [-0.3, -0.25) is 14.5 Å². The third-order valence-corrected chi connectivity index (χ3v) is 4.67. The van der Waals surface area contributed by atoms with E-state index in [1.807, 2.05) is 11.8 Å². The molecular formula is C16H28N2O3. The van der Waals surface area contributed by atoms with Crippen LogP contribution < -0.4 is 0 Å². The molecule has 2 atom stereocenters. The number of hydrogen-bond acceptors (Lipinski definition) is 4. The first-order valence-electron chi connectivity index (χ1n) is 8.30. The summed E-state index contributed by atoms with van der Waals surface area (Å²) >= 11 is 0. The fraction of sp³-hybridized carbons (Fsp3) is 0.875. The van der Waals surface area contributed by atoms with E-state index in [1.165, 1.54) is 19.3 Å². The molecule has 2 saturated heterocycles. The second-order valence-electron chi connectivity index (χ2n) is 6.25. The van der Waals surface area contributed by atoms with Crippen LogP contribution in [0.4, 0.5) is 0 Å². The molecule has 5 nitrogen and oxygen atoms in total. The molecule has 2 heterocycles. The van der Waals surface area contributed by atoms with Crippen LogP contribution in [0.5, 0.6) is 0 Å². The van der Waals surface area contributed by atoms with Crippen molar-refractivity contribution in [2.24, 2.45) is 5.92 Å². The number of piperidine rings is 2. The second-order valence-corrected chi connectivity index (χ2v) is 6.25. The minimum Gasteiger partial charge on any atom is -0.466 e. The summed E-state index contributed by atoms with van der Waals surface area (Å²) in [6.07, 6.45) is 5.36. The van der Waals surface area contributed by atoms with E-state index in [-0.39, 0.29) is 17.8 Å². The molecule has 0 saturated carbocycles. The van der Waals surface area contributed by atoms with Crippen molar-refractivity contribution < 1.29 is 14.3 Å². The summed E-state index contributed by atoms with van der Waals surface area (Å²) in [5, 5.41) is 0. The smallest absolute Gasteiger partial charge is 0.310 e. The highest BCUT2D eigenvalue weighted by atomic mass is 16.5. The van der Waals surface area contributed by atoms with Gasteiger partial charge in [-0.1, -0.05) is 6.42 Å². The third-order valence-electron chi connectivity index (χ3n) is 4.67. The Morgan fingerprint density at radius 1 is 1.14 bits per heavy atom. The summed E-state index contributed by atoms with van der Waals surface area (Å²) < 4.78 is 5.09. The van der Waals surface area contributed by atoms with Gasteiger partial charge in [-0.2, -0.15) is 0 Å². The molecule has 1 amide bonds. The molecule has 2 fully saturated rings. The highest BCUT2D eigenvalue weighted by Gasteiger charge is 2.30. The highest BCUT2D eigenvalue weighted by molar-refractivity contribution is 5.80. The fourth-order valence-electron chi connectivity index (χ4n) is 3.32. The van der Waals surface area contributed by atoms with Crippen LogP contribution in [0.25, 0.3) is 0 Å². The minimum absolute atomic E-state index is 0.138. The number of amides is 1. The van der Waals surface area contributed by atoms with Crippen molar-refractivity contribution in [3.8, 4) is 0 Å². The maximum absolute atomic E-state index is 12.5. The molecule has 2 unspecified atom stereocenters. The van der Waals surface area contributed by atoms with Gasteiger partial charge in [0.05, 0.1) is 19.1 Å². The Hall–Kier alpha value is -1.10. The summed E-state index contributed by atoms with van der Waals surface area (Å²) in [4.78, 5) is 28.4. The first-order chi connectivity index (χ1) is 10.1. The lowest BCUT2D eigenvalue weighted by Crippen LogP contribution is -2.49. The standard InChI is InChI=1S/C16H28N2O3/c1-3-21-16(20)14-8-6-10-18(11-14)15(19)12-17-9-5-4-7-13(17)2/h13-14H,3-12H2,1-2H3. The summed E-state index contributed by atoms with van der Waals surface area (Å²) in [6.45, 7) is 7.25. The number of rotatable bonds is 4. The lowest BCUT2D eigenvalue weighted by molar-refractivity contribution is -0.151. The Labute approximate surface area is 127 Å². The SMILES string of the molecule is CCOC(=O)C1CCCN(C(=O)CN2CCCCC2C)C1. The fourth-order valence-corrected chi connectivity index (χ4v) is 3.32. The van der Waals surface area contributed by atoms with Crippen LogP contribution in [0.3, 0.4) is 0 Å². The van der Waals surface area contributed by atoms with E-state index in [0.29, 0.717) is 25.7 Å². The summed E-state index contributed by atoms with van der Waals surface area (Å²) in [5.74, 6) is -0.125. The van der Waals surface area contributed by atoms with Crippen molar-refractivity contribution in [3.05, 3.63) is 0 Å². The summed E-state index contributed by atoms with van der Waals surface area (Å²) in [5.41, 5.74) is 0. The van der Waals surface area contributed by atoms with Gasteiger partial charge in [0.1, 0.15) is 0 Å². The van der Waals surface area contributed by atoms with Gasteiger partial charge in [0.15, 0.2) is 0 Å². The second kappa shape index (κ2) is 7.78. The van der Waals surface area contributed by atoms with E-state index in [0.717, 1.165) is 25.9 Å². The Morgan fingerprint density at radius 2 is 1.95 bits per heavy atom. The Morgan fingerprint density at radius 3 is 2.67 bits per heavy atom. The van der Waals surface area contributed by atoms with Gasteiger partial charge in [0, 0.05) is 19.1 Å². The van der Waals surface area contributed by atoms with Crippen molar-refractivity contribution in [3.63, 3.8) is 0 Å². The zero-order valence-corrected chi connectivity index (χ0v) is 13.3. The lowest BCUT2D eigenvalue weighted by Gasteiger charge is -2.36. The topological polar surface area (TPSA) is 49.9 Å². The molecule has 0 aromatic carbocycles. The van der Waals surface area contributed by atoms with Crippen LogP contribution in [0.1, 0.15) is 46.0 Å². The maximum Gasteiger partial charge on any atom is 0.310 e. The largest absolute Gasteiger partial charge is 0.466 e. The molecule has 0 spiro atoms.